The monoisotopic (exact) mass is 262 g/mol. The van der Waals surface area contributed by atoms with Gasteiger partial charge in [0.1, 0.15) is 12.1 Å². The highest BCUT2D eigenvalue weighted by Crippen LogP contribution is 2.24. The predicted molar refractivity (Wildman–Crippen MR) is 71.0 cm³/mol. The van der Waals surface area contributed by atoms with Gasteiger partial charge in [0.25, 0.3) is 5.69 Å². The van der Waals surface area contributed by atoms with Gasteiger partial charge in [-0.25, -0.2) is 9.97 Å². The number of nitro benzene ring substituents is 1. The Morgan fingerprint density at radius 3 is 2.95 bits per heavy atom. The van der Waals surface area contributed by atoms with Crippen molar-refractivity contribution in [1.82, 2.24) is 9.97 Å². The van der Waals surface area contributed by atoms with Crippen LogP contribution in [0.1, 0.15) is 13.3 Å². The standard InChI is InChI=1S/C12H14N4O3/c1-2-9(17)6-13-12-10-5-8(16(18)19)3-4-11(10)14-7-15-12/h3-5,7,9,17H,2,6H2,1H3,(H,13,14,15). The number of non-ortho nitro benzene ring substituents is 1. The molecular formula is C12H14N4O3. The average molecular weight is 262 g/mol. The topological polar surface area (TPSA) is 101 Å². The maximum absolute atomic E-state index is 10.8. The van der Waals surface area contributed by atoms with E-state index < -0.39 is 11.0 Å². The lowest BCUT2D eigenvalue weighted by Crippen LogP contribution is -2.18. The lowest BCUT2D eigenvalue weighted by molar-refractivity contribution is -0.384. The van der Waals surface area contributed by atoms with Gasteiger partial charge in [-0.15, -0.1) is 0 Å². The van der Waals surface area contributed by atoms with E-state index in [1.54, 1.807) is 6.07 Å². The Bertz CT molecular complexity index is 603. The van der Waals surface area contributed by atoms with Crippen molar-refractivity contribution in [2.75, 3.05) is 11.9 Å². The summed E-state index contributed by atoms with van der Waals surface area (Å²) in [4.78, 5) is 18.4. The second-order valence-electron chi connectivity index (χ2n) is 4.12. The van der Waals surface area contributed by atoms with Crippen molar-refractivity contribution in [2.24, 2.45) is 0 Å². The molecule has 100 valence electrons. The Hall–Kier alpha value is -2.28. The van der Waals surface area contributed by atoms with Gasteiger partial charge in [0.05, 0.1) is 16.5 Å². The van der Waals surface area contributed by atoms with Gasteiger partial charge >= 0.3 is 0 Å². The normalized spacial score (nSPS) is 12.3. The molecule has 19 heavy (non-hydrogen) atoms. The van der Waals surface area contributed by atoms with E-state index in [0.29, 0.717) is 29.7 Å². The van der Waals surface area contributed by atoms with E-state index >= 15 is 0 Å². The molecule has 0 aliphatic heterocycles. The largest absolute Gasteiger partial charge is 0.391 e. The number of anilines is 1. The highest BCUT2D eigenvalue weighted by Gasteiger charge is 2.11. The van der Waals surface area contributed by atoms with Crippen molar-refractivity contribution < 1.29 is 10.0 Å². The van der Waals surface area contributed by atoms with Crippen LogP contribution in [-0.4, -0.2) is 32.6 Å². The van der Waals surface area contributed by atoms with Crippen LogP contribution in [0.2, 0.25) is 0 Å². The molecule has 0 aliphatic carbocycles. The van der Waals surface area contributed by atoms with Crippen molar-refractivity contribution in [3.8, 4) is 0 Å². The zero-order valence-electron chi connectivity index (χ0n) is 10.4. The maximum Gasteiger partial charge on any atom is 0.270 e. The highest BCUT2D eigenvalue weighted by atomic mass is 16.6. The van der Waals surface area contributed by atoms with Crippen LogP contribution in [0.25, 0.3) is 10.9 Å². The molecule has 0 spiro atoms. The smallest absolute Gasteiger partial charge is 0.270 e. The Morgan fingerprint density at radius 1 is 1.47 bits per heavy atom. The van der Waals surface area contributed by atoms with Gasteiger partial charge < -0.3 is 10.4 Å². The molecule has 2 N–H and O–H groups in total. The van der Waals surface area contributed by atoms with Gasteiger partial charge in [-0.2, -0.15) is 0 Å². The minimum atomic E-state index is -0.483. The van der Waals surface area contributed by atoms with Gasteiger partial charge in [0, 0.05) is 24.1 Å². The first-order chi connectivity index (χ1) is 9.11. The summed E-state index contributed by atoms with van der Waals surface area (Å²) in [5.74, 6) is 0.487. The maximum atomic E-state index is 10.8. The molecule has 7 heteroatoms. The van der Waals surface area contributed by atoms with Crippen LogP contribution in [0.5, 0.6) is 0 Å². The SMILES string of the molecule is CCC(O)CNc1ncnc2ccc([N+](=O)[O-])cc12. The van der Waals surface area contributed by atoms with E-state index in [0.717, 1.165) is 0 Å². The first kappa shape index (κ1) is 13.2. The van der Waals surface area contributed by atoms with E-state index in [1.807, 2.05) is 6.92 Å². The molecule has 0 saturated heterocycles. The van der Waals surface area contributed by atoms with Crippen LogP contribution in [0, 0.1) is 10.1 Å². The average Bonchev–Trinajstić information content (AvgIpc) is 2.43. The van der Waals surface area contributed by atoms with Crippen LogP contribution in [0.3, 0.4) is 0 Å². The molecule has 0 aliphatic rings. The Kier molecular flexibility index (Phi) is 3.86. The number of aliphatic hydroxyl groups excluding tert-OH is 1. The van der Waals surface area contributed by atoms with Crippen molar-refractivity contribution in [2.45, 2.75) is 19.4 Å². The summed E-state index contributed by atoms with van der Waals surface area (Å²) in [6.45, 7) is 2.21. The molecule has 1 unspecified atom stereocenters. The second-order valence-corrected chi connectivity index (χ2v) is 4.12. The van der Waals surface area contributed by atoms with Crippen LogP contribution in [0.15, 0.2) is 24.5 Å². The molecule has 1 aromatic carbocycles. The van der Waals surface area contributed by atoms with Crippen molar-refractivity contribution >= 4 is 22.4 Å². The molecule has 0 saturated carbocycles. The molecule has 2 rings (SSSR count). The summed E-state index contributed by atoms with van der Waals surface area (Å²) in [5.41, 5.74) is 0.607. The number of aliphatic hydroxyl groups is 1. The van der Waals surface area contributed by atoms with Crippen LogP contribution < -0.4 is 5.32 Å². The lowest BCUT2D eigenvalue weighted by atomic mass is 10.2. The fourth-order valence-corrected chi connectivity index (χ4v) is 1.66. The highest BCUT2D eigenvalue weighted by molar-refractivity contribution is 5.90. The minimum Gasteiger partial charge on any atom is -0.391 e. The molecule has 1 aromatic heterocycles. The quantitative estimate of drug-likeness (QED) is 0.628. The molecular weight excluding hydrogens is 248 g/mol. The Morgan fingerprint density at radius 2 is 2.26 bits per heavy atom. The molecule has 1 heterocycles. The van der Waals surface area contributed by atoms with Gasteiger partial charge in [0.15, 0.2) is 0 Å². The van der Waals surface area contributed by atoms with Gasteiger partial charge in [-0.1, -0.05) is 6.92 Å². The number of fused-ring (bicyclic) bond motifs is 1. The third kappa shape index (κ3) is 2.94. The van der Waals surface area contributed by atoms with E-state index in [1.165, 1.54) is 18.5 Å². The molecule has 0 bridgehead atoms. The van der Waals surface area contributed by atoms with E-state index in [9.17, 15) is 15.2 Å². The fraction of sp³-hybridized carbons (Fsp3) is 0.333. The number of hydrogen-bond donors (Lipinski definition) is 2. The van der Waals surface area contributed by atoms with E-state index in [-0.39, 0.29) is 5.69 Å². The zero-order chi connectivity index (χ0) is 13.8. The fourth-order valence-electron chi connectivity index (χ4n) is 1.66. The summed E-state index contributed by atoms with van der Waals surface area (Å²) < 4.78 is 0. The lowest BCUT2D eigenvalue weighted by Gasteiger charge is -2.11. The zero-order valence-corrected chi connectivity index (χ0v) is 10.4. The summed E-state index contributed by atoms with van der Waals surface area (Å²) >= 11 is 0. The predicted octanol–water partition coefficient (Wildman–Crippen LogP) is 1.72. The van der Waals surface area contributed by atoms with Crippen LogP contribution in [0.4, 0.5) is 11.5 Å². The molecule has 1 atom stereocenters. The number of benzene rings is 1. The number of nitrogens with zero attached hydrogens (tertiary/aromatic N) is 3. The van der Waals surface area contributed by atoms with E-state index in [2.05, 4.69) is 15.3 Å². The summed E-state index contributed by atoms with van der Waals surface area (Å²) in [6.07, 6.45) is 1.52. The van der Waals surface area contributed by atoms with Gasteiger partial charge in [-0.05, 0) is 12.5 Å². The third-order valence-electron chi connectivity index (χ3n) is 2.81. The van der Waals surface area contributed by atoms with E-state index in [4.69, 9.17) is 0 Å². The summed E-state index contributed by atoms with van der Waals surface area (Å²) in [6, 6.07) is 4.41. The van der Waals surface area contributed by atoms with Crippen LogP contribution in [-0.2, 0) is 0 Å². The molecule has 2 aromatic rings. The van der Waals surface area contributed by atoms with Gasteiger partial charge in [-0.3, -0.25) is 10.1 Å². The molecule has 7 nitrogen and oxygen atoms in total. The minimum absolute atomic E-state index is 0.0126. The summed E-state index contributed by atoms with van der Waals surface area (Å²) in [5, 5.41) is 23.8. The number of rotatable bonds is 5. The summed E-state index contributed by atoms with van der Waals surface area (Å²) in [7, 11) is 0. The number of aromatic nitrogens is 2. The number of nitrogens with one attached hydrogen (secondary N) is 1. The number of hydrogen-bond acceptors (Lipinski definition) is 6. The first-order valence-electron chi connectivity index (χ1n) is 5.93. The molecule has 0 radical (unpaired) electrons. The van der Waals surface area contributed by atoms with Crippen LogP contribution >= 0.6 is 0 Å². The van der Waals surface area contributed by atoms with Crippen molar-refractivity contribution in [3.05, 3.63) is 34.6 Å². The Labute approximate surface area is 109 Å². The molecule has 0 fully saturated rings. The third-order valence-corrected chi connectivity index (χ3v) is 2.81. The first-order valence-corrected chi connectivity index (χ1v) is 5.93. The Balaban J connectivity index is 2.37. The molecule has 0 amide bonds. The van der Waals surface area contributed by atoms with Gasteiger partial charge in [0.2, 0.25) is 0 Å². The second kappa shape index (κ2) is 5.57. The number of nitro groups is 1. The van der Waals surface area contributed by atoms with Crippen molar-refractivity contribution in [3.63, 3.8) is 0 Å². The van der Waals surface area contributed by atoms with Crippen molar-refractivity contribution in [1.29, 1.82) is 0 Å².